The van der Waals surface area contributed by atoms with Crippen LogP contribution in [0.1, 0.15) is 59.8 Å². The molecule has 2 aliphatic heterocycles. The number of likely N-dealkylation sites (tertiary alicyclic amines) is 1. The van der Waals surface area contributed by atoms with Gasteiger partial charge in [-0.2, -0.15) is 0 Å². The molecule has 2 bridgehead atoms. The average molecular weight is 348 g/mol. The van der Waals surface area contributed by atoms with Crippen molar-refractivity contribution < 1.29 is 0 Å². The fourth-order valence-electron chi connectivity index (χ4n) is 6.26. The maximum atomic E-state index is 2.91. The number of rotatable bonds is 7. The lowest BCUT2D eigenvalue weighted by molar-refractivity contribution is 0.0732. The van der Waals surface area contributed by atoms with Gasteiger partial charge in [0.2, 0.25) is 0 Å². The number of nitrogens with zero attached hydrogens (tertiary/aromatic N) is 3. The van der Waals surface area contributed by atoms with E-state index in [0.29, 0.717) is 0 Å². The van der Waals surface area contributed by atoms with Crippen LogP contribution in [-0.2, 0) is 0 Å². The molecule has 4 rings (SSSR count). The fourth-order valence-corrected chi connectivity index (χ4v) is 6.26. The zero-order valence-electron chi connectivity index (χ0n) is 17.2. The third kappa shape index (κ3) is 4.09. The zero-order chi connectivity index (χ0) is 17.6. The van der Waals surface area contributed by atoms with E-state index in [4.69, 9.17) is 0 Å². The molecule has 4 fully saturated rings. The van der Waals surface area contributed by atoms with Gasteiger partial charge in [0.1, 0.15) is 0 Å². The Kier molecular flexibility index (Phi) is 5.20. The molecule has 0 aromatic heterocycles. The molecule has 144 valence electrons. The van der Waals surface area contributed by atoms with Crippen molar-refractivity contribution in [3.05, 3.63) is 0 Å². The molecule has 3 heteroatoms. The zero-order valence-corrected chi connectivity index (χ0v) is 17.2. The second-order valence-corrected chi connectivity index (χ2v) is 10.6. The van der Waals surface area contributed by atoms with E-state index in [1.807, 2.05) is 0 Å². The highest BCUT2D eigenvalue weighted by atomic mass is 15.3. The molecule has 0 radical (unpaired) electrons. The molecule has 0 spiro atoms. The molecular formula is C22H41N3. The number of hydrogen-bond donors (Lipinski definition) is 0. The Morgan fingerprint density at radius 2 is 1.68 bits per heavy atom. The van der Waals surface area contributed by atoms with Crippen molar-refractivity contribution in [3.8, 4) is 0 Å². The SMILES string of the molecule is CC(C)CC1(CN2CC3CC2CC3CN2CCN(C(C)C)CC2)CC1. The Morgan fingerprint density at radius 1 is 0.960 bits per heavy atom. The van der Waals surface area contributed by atoms with Gasteiger partial charge in [0.05, 0.1) is 0 Å². The van der Waals surface area contributed by atoms with Crippen molar-refractivity contribution in [1.82, 2.24) is 14.7 Å². The minimum atomic E-state index is 0.721. The highest BCUT2D eigenvalue weighted by Gasteiger charge is 2.50. The molecule has 0 aromatic carbocycles. The van der Waals surface area contributed by atoms with Gasteiger partial charge in [0, 0.05) is 57.9 Å². The normalized spacial score (nSPS) is 36.0. The van der Waals surface area contributed by atoms with Crippen LogP contribution in [0.3, 0.4) is 0 Å². The lowest BCUT2D eigenvalue weighted by Gasteiger charge is -2.40. The van der Waals surface area contributed by atoms with E-state index in [1.54, 1.807) is 0 Å². The Bertz CT molecular complexity index is 448. The minimum Gasteiger partial charge on any atom is -0.301 e. The van der Waals surface area contributed by atoms with E-state index >= 15 is 0 Å². The van der Waals surface area contributed by atoms with Crippen LogP contribution in [0.4, 0.5) is 0 Å². The maximum absolute atomic E-state index is 2.91. The summed E-state index contributed by atoms with van der Waals surface area (Å²) in [6.07, 6.45) is 7.47. The first-order valence-electron chi connectivity index (χ1n) is 11.1. The summed E-state index contributed by atoms with van der Waals surface area (Å²) < 4.78 is 0. The first kappa shape index (κ1) is 18.3. The van der Waals surface area contributed by atoms with Crippen LogP contribution in [-0.4, -0.2) is 72.6 Å². The molecule has 4 aliphatic rings. The first-order valence-corrected chi connectivity index (χ1v) is 11.1. The third-order valence-electron chi connectivity index (χ3n) is 7.77. The van der Waals surface area contributed by atoms with Crippen LogP contribution in [0.25, 0.3) is 0 Å². The number of hydrogen-bond acceptors (Lipinski definition) is 3. The highest BCUT2D eigenvalue weighted by Crippen LogP contribution is 2.53. The molecule has 0 N–H and O–H groups in total. The quantitative estimate of drug-likeness (QED) is 0.697. The molecule has 2 aliphatic carbocycles. The van der Waals surface area contributed by atoms with E-state index in [-0.39, 0.29) is 0 Å². The van der Waals surface area contributed by atoms with Crippen LogP contribution in [0.2, 0.25) is 0 Å². The second-order valence-electron chi connectivity index (χ2n) is 10.6. The molecular weight excluding hydrogens is 306 g/mol. The Hall–Kier alpha value is -0.120. The standard InChI is InChI=1S/C22H41N3/c1-17(2)13-22(5-6-22)16-25-15-20-12-21(25)11-19(20)14-23-7-9-24(10-8-23)18(3)4/h17-21H,5-16H2,1-4H3. The molecule has 2 saturated carbocycles. The molecule has 0 amide bonds. The average Bonchev–Trinajstić information content (AvgIpc) is 3.01. The molecule has 3 atom stereocenters. The molecule has 2 saturated heterocycles. The van der Waals surface area contributed by atoms with Gasteiger partial charge in [0.25, 0.3) is 0 Å². The fraction of sp³-hybridized carbons (Fsp3) is 1.00. The predicted octanol–water partition coefficient (Wildman–Crippen LogP) is 3.55. The number of piperidine rings is 1. The lowest BCUT2D eigenvalue weighted by Crippen LogP contribution is -2.51. The van der Waals surface area contributed by atoms with Crippen LogP contribution in [0, 0.1) is 23.2 Å². The molecule has 3 unspecified atom stereocenters. The Balaban J connectivity index is 1.22. The van der Waals surface area contributed by atoms with Crippen molar-refractivity contribution >= 4 is 0 Å². The van der Waals surface area contributed by atoms with Gasteiger partial charge in [-0.15, -0.1) is 0 Å². The summed E-state index contributed by atoms with van der Waals surface area (Å²) in [4.78, 5) is 8.33. The topological polar surface area (TPSA) is 9.72 Å². The first-order chi connectivity index (χ1) is 11.9. The number of fused-ring (bicyclic) bond motifs is 2. The molecule has 0 aromatic rings. The smallest absolute Gasteiger partial charge is 0.0113 e. The van der Waals surface area contributed by atoms with Gasteiger partial charge in [0.15, 0.2) is 0 Å². The van der Waals surface area contributed by atoms with E-state index in [0.717, 1.165) is 35.3 Å². The molecule has 2 heterocycles. The monoisotopic (exact) mass is 347 g/mol. The van der Waals surface area contributed by atoms with E-state index in [9.17, 15) is 0 Å². The predicted molar refractivity (Wildman–Crippen MR) is 106 cm³/mol. The summed E-state index contributed by atoms with van der Waals surface area (Å²) in [5.41, 5.74) is 0.724. The van der Waals surface area contributed by atoms with Crippen LogP contribution in [0.15, 0.2) is 0 Å². The molecule has 25 heavy (non-hydrogen) atoms. The molecule has 3 nitrogen and oxygen atoms in total. The van der Waals surface area contributed by atoms with Crippen molar-refractivity contribution in [2.75, 3.05) is 45.8 Å². The van der Waals surface area contributed by atoms with Crippen molar-refractivity contribution in [2.45, 2.75) is 71.9 Å². The highest BCUT2D eigenvalue weighted by molar-refractivity contribution is 5.03. The van der Waals surface area contributed by atoms with Gasteiger partial charge < -0.3 is 4.90 Å². The maximum Gasteiger partial charge on any atom is 0.0113 e. The van der Waals surface area contributed by atoms with Gasteiger partial charge in [-0.25, -0.2) is 0 Å². The summed E-state index contributed by atoms with van der Waals surface area (Å²) in [5, 5.41) is 0. The van der Waals surface area contributed by atoms with Crippen LogP contribution >= 0.6 is 0 Å². The summed E-state index contributed by atoms with van der Waals surface area (Å²) in [6.45, 7) is 18.9. The Labute approximate surface area is 156 Å². The van der Waals surface area contributed by atoms with Gasteiger partial charge >= 0.3 is 0 Å². The van der Waals surface area contributed by atoms with Gasteiger partial charge in [-0.1, -0.05) is 13.8 Å². The van der Waals surface area contributed by atoms with E-state index in [1.165, 1.54) is 77.9 Å². The van der Waals surface area contributed by atoms with E-state index < -0.39 is 0 Å². The van der Waals surface area contributed by atoms with Crippen molar-refractivity contribution in [3.63, 3.8) is 0 Å². The van der Waals surface area contributed by atoms with Gasteiger partial charge in [-0.3, -0.25) is 9.80 Å². The van der Waals surface area contributed by atoms with Crippen LogP contribution < -0.4 is 0 Å². The summed E-state index contributed by atoms with van der Waals surface area (Å²) >= 11 is 0. The van der Waals surface area contributed by atoms with Crippen LogP contribution in [0.5, 0.6) is 0 Å². The van der Waals surface area contributed by atoms with E-state index in [2.05, 4.69) is 42.4 Å². The largest absolute Gasteiger partial charge is 0.301 e. The minimum absolute atomic E-state index is 0.721. The lowest BCUT2D eigenvalue weighted by atomic mass is 9.90. The van der Waals surface area contributed by atoms with Crippen molar-refractivity contribution in [1.29, 1.82) is 0 Å². The Morgan fingerprint density at radius 3 is 2.20 bits per heavy atom. The number of piperazine rings is 1. The summed E-state index contributed by atoms with van der Waals surface area (Å²) in [7, 11) is 0. The second kappa shape index (κ2) is 7.13. The third-order valence-corrected chi connectivity index (χ3v) is 7.77. The van der Waals surface area contributed by atoms with Gasteiger partial charge in [-0.05, 0) is 69.1 Å². The van der Waals surface area contributed by atoms with Crippen molar-refractivity contribution in [2.24, 2.45) is 23.2 Å². The summed E-state index contributed by atoms with van der Waals surface area (Å²) in [5.74, 6) is 2.87. The summed E-state index contributed by atoms with van der Waals surface area (Å²) in [6, 6.07) is 1.65.